The van der Waals surface area contributed by atoms with Crippen LogP contribution in [-0.4, -0.2) is 36.0 Å². The minimum Gasteiger partial charge on any atom is -0.408 e. The largest absolute Gasteiger partial charge is 0.408 e. The normalized spacial score (nSPS) is 20.5. The van der Waals surface area contributed by atoms with E-state index in [2.05, 4.69) is 0 Å². The first-order chi connectivity index (χ1) is 10.4. The van der Waals surface area contributed by atoms with Gasteiger partial charge in [0.1, 0.15) is 0 Å². The third kappa shape index (κ3) is 7.99. The fourth-order valence-corrected chi connectivity index (χ4v) is 9.79. The first-order valence-electron chi connectivity index (χ1n) is 7.37. The molecular formula is C15H28O4Si3. The van der Waals surface area contributed by atoms with Gasteiger partial charge in [-0.05, 0) is 57.4 Å². The van der Waals surface area contributed by atoms with Gasteiger partial charge in [0.25, 0.3) is 0 Å². The Bertz CT molecular complexity index is 396. The van der Waals surface area contributed by atoms with Crippen molar-refractivity contribution in [3.05, 3.63) is 58.9 Å². The summed E-state index contributed by atoms with van der Waals surface area (Å²) in [5.41, 5.74) is 8.56. The van der Waals surface area contributed by atoms with E-state index in [1.165, 1.54) is 0 Å². The number of allylic oxidation sites excluding steroid dienone is 5. The van der Waals surface area contributed by atoms with Crippen molar-refractivity contribution in [2.75, 3.05) is 0 Å². The molecular weight excluding hydrogens is 328 g/mol. The summed E-state index contributed by atoms with van der Waals surface area (Å²) in [6.07, 6.45) is 8.92. The summed E-state index contributed by atoms with van der Waals surface area (Å²) in [5, 5.41) is 0. The van der Waals surface area contributed by atoms with Crippen LogP contribution in [0.15, 0.2) is 58.9 Å². The zero-order chi connectivity index (χ0) is 17.1. The molecule has 0 saturated heterocycles. The van der Waals surface area contributed by atoms with E-state index in [-0.39, 0.29) is 0 Å². The maximum atomic E-state index is 10.6. The first-order valence-corrected chi connectivity index (χ1v) is 13.0. The van der Waals surface area contributed by atoms with Crippen LogP contribution in [0.1, 0.15) is 34.6 Å². The lowest BCUT2D eigenvalue weighted by Crippen LogP contribution is -2.48. The zero-order valence-corrected chi connectivity index (χ0v) is 17.2. The van der Waals surface area contributed by atoms with E-state index < -0.39 is 26.4 Å². The Morgan fingerprint density at radius 3 is 1.18 bits per heavy atom. The van der Waals surface area contributed by atoms with Crippen molar-refractivity contribution in [2.24, 2.45) is 0 Å². The zero-order valence-electron chi connectivity index (χ0n) is 14.1. The molecule has 0 radical (unpaired) electrons. The smallest absolute Gasteiger partial charge is 0.380 e. The van der Waals surface area contributed by atoms with Crippen molar-refractivity contribution in [2.45, 2.75) is 34.6 Å². The molecule has 0 bridgehead atoms. The van der Waals surface area contributed by atoms with Gasteiger partial charge >= 0.3 is 26.4 Å². The molecule has 0 aromatic rings. The van der Waals surface area contributed by atoms with Gasteiger partial charge in [-0.2, -0.15) is 0 Å². The fraction of sp³-hybridized carbons (Fsp3) is 0.333. The number of rotatable bonds is 9. The molecule has 0 spiro atoms. The van der Waals surface area contributed by atoms with E-state index in [9.17, 15) is 9.59 Å². The highest BCUT2D eigenvalue weighted by Gasteiger charge is 2.36. The summed E-state index contributed by atoms with van der Waals surface area (Å²) in [6, 6.07) is 0. The predicted octanol–water partition coefficient (Wildman–Crippen LogP) is 2.69. The highest BCUT2D eigenvalue weighted by atomic mass is 28.5. The molecule has 2 N–H and O–H groups in total. The highest BCUT2D eigenvalue weighted by molar-refractivity contribution is 6.86. The Kier molecular flexibility index (Phi) is 10.4. The number of hydrogen-bond acceptors (Lipinski definition) is 4. The van der Waals surface area contributed by atoms with E-state index >= 15 is 0 Å². The molecule has 0 aliphatic heterocycles. The van der Waals surface area contributed by atoms with Crippen molar-refractivity contribution in [3.8, 4) is 0 Å². The lowest BCUT2D eigenvalue weighted by Gasteiger charge is -2.28. The van der Waals surface area contributed by atoms with E-state index in [1.54, 1.807) is 47.1 Å². The van der Waals surface area contributed by atoms with Gasteiger partial charge in [-0.1, -0.05) is 36.1 Å². The van der Waals surface area contributed by atoms with Crippen molar-refractivity contribution >= 4 is 26.4 Å². The van der Waals surface area contributed by atoms with Crippen molar-refractivity contribution in [3.63, 3.8) is 0 Å². The average Bonchev–Trinajstić information content (AvgIpc) is 2.39. The van der Waals surface area contributed by atoms with E-state index in [0.29, 0.717) is 0 Å². The lowest BCUT2D eigenvalue weighted by atomic mass is 10.8. The second-order valence-corrected chi connectivity index (χ2v) is 12.0. The fourth-order valence-electron chi connectivity index (χ4n) is 1.86. The van der Waals surface area contributed by atoms with Crippen LogP contribution in [0, 0.1) is 0 Å². The molecule has 0 saturated carbocycles. The van der Waals surface area contributed by atoms with Gasteiger partial charge < -0.3 is 17.8 Å². The quantitative estimate of drug-likeness (QED) is 0.624. The summed E-state index contributed by atoms with van der Waals surface area (Å²) < 4.78 is 11.8. The summed E-state index contributed by atoms with van der Waals surface area (Å²) in [5.74, 6) is 0. The maximum Gasteiger partial charge on any atom is 0.380 e. The van der Waals surface area contributed by atoms with Crippen LogP contribution in [0.25, 0.3) is 0 Å². The van der Waals surface area contributed by atoms with Crippen LogP contribution < -0.4 is 0 Å². The Morgan fingerprint density at radius 1 is 0.636 bits per heavy atom. The van der Waals surface area contributed by atoms with Gasteiger partial charge in [0.2, 0.25) is 0 Å². The molecule has 0 atom stereocenters. The standard InChI is InChI=1S/C15H28O4Si3/c1-6-11-20(18-21(16,12-7-2)13-8-3)19-22(17,14-9-4)15-10-5/h6-17,20H,1-5H3. The van der Waals surface area contributed by atoms with Crippen molar-refractivity contribution in [1.29, 1.82) is 0 Å². The van der Waals surface area contributed by atoms with Crippen LogP contribution >= 0.6 is 0 Å². The third-order valence-corrected chi connectivity index (χ3v) is 11.4. The van der Waals surface area contributed by atoms with Crippen LogP contribution in [0.3, 0.4) is 0 Å². The highest BCUT2D eigenvalue weighted by Crippen LogP contribution is 2.14. The van der Waals surface area contributed by atoms with Crippen LogP contribution in [0.2, 0.25) is 0 Å². The topological polar surface area (TPSA) is 58.9 Å². The summed E-state index contributed by atoms with van der Waals surface area (Å²) in [7, 11) is -8.59. The second-order valence-electron chi connectivity index (χ2n) is 4.63. The summed E-state index contributed by atoms with van der Waals surface area (Å²) in [4.78, 5) is 21.3. The van der Waals surface area contributed by atoms with E-state index in [0.717, 1.165) is 0 Å². The number of hydrogen-bond donors (Lipinski definition) is 2. The minimum atomic E-state index is -3.11. The molecule has 0 amide bonds. The Hall–Kier alpha value is -0.809. The second kappa shape index (κ2) is 10.8. The molecule has 0 heterocycles. The monoisotopic (exact) mass is 356 g/mol. The van der Waals surface area contributed by atoms with Crippen molar-refractivity contribution in [1.82, 2.24) is 0 Å². The van der Waals surface area contributed by atoms with Gasteiger partial charge in [-0.15, -0.1) is 0 Å². The molecule has 0 aliphatic rings. The first kappa shape index (κ1) is 21.2. The van der Waals surface area contributed by atoms with Crippen LogP contribution in [-0.2, 0) is 8.23 Å². The molecule has 22 heavy (non-hydrogen) atoms. The molecule has 0 aromatic heterocycles. The molecule has 7 heteroatoms. The molecule has 0 aliphatic carbocycles. The minimum absolute atomic E-state index is 1.69. The summed E-state index contributed by atoms with van der Waals surface area (Å²) >= 11 is 0. The van der Waals surface area contributed by atoms with Crippen LogP contribution in [0.5, 0.6) is 0 Å². The Labute approximate surface area is 138 Å². The van der Waals surface area contributed by atoms with Gasteiger partial charge in [0, 0.05) is 0 Å². The molecule has 0 aromatic carbocycles. The van der Waals surface area contributed by atoms with Gasteiger partial charge in [0.05, 0.1) is 0 Å². The lowest BCUT2D eigenvalue weighted by molar-refractivity contribution is 0.330. The SMILES string of the molecule is CC=C[SiH](O[Si](O)(C=CC)C=CC)O[Si](O)(C=CC)C=CC. The van der Waals surface area contributed by atoms with E-state index in [1.807, 2.05) is 46.4 Å². The molecule has 0 rings (SSSR count). The van der Waals surface area contributed by atoms with Gasteiger partial charge in [-0.3, -0.25) is 0 Å². The molecule has 4 nitrogen and oxygen atoms in total. The maximum absolute atomic E-state index is 10.6. The third-order valence-electron chi connectivity index (χ3n) is 2.58. The Morgan fingerprint density at radius 2 is 0.955 bits per heavy atom. The summed E-state index contributed by atoms with van der Waals surface area (Å²) in [6.45, 7) is 9.21. The Balaban J connectivity index is 5.38. The molecule has 0 fully saturated rings. The molecule has 124 valence electrons. The van der Waals surface area contributed by atoms with E-state index in [4.69, 9.17) is 8.23 Å². The van der Waals surface area contributed by atoms with Gasteiger partial charge in [0.15, 0.2) is 0 Å². The predicted molar refractivity (Wildman–Crippen MR) is 99.3 cm³/mol. The van der Waals surface area contributed by atoms with Gasteiger partial charge in [-0.25, -0.2) is 0 Å². The average molecular weight is 357 g/mol. The van der Waals surface area contributed by atoms with Crippen LogP contribution in [0.4, 0.5) is 0 Å². The van der Waals surface area contributed by atoms with Crippen molar-refractivity contribution < 1.29 is 17.8 Å². The molecule has 0 unspecified atom stereocenters.